The summed E-state index contributed by atoms with van der Waals surface area (Å²) in [4.78, 5) is 13.8. The summed E-state index contributed by atoms with van der Waals surface area (Å²) >= 11 is 5.96. The topological polar surface area (TPSA) is 57.7 Å². The maximum Gasteiger partial charge on any atom is 0.244 e. The van der Waals surface area contributed by atoms with Crippen LogP contribution in [0.4, 0.5) is 4.39 Å². The van der Waals surface area contributed by atoms with E-state index >= 15 is 0 Å². The molecule has 0 atom stereocenters. The van der Waals surface area contributed by atoms with Gasteiger partial charge < -0.3 is 4.90 Å². The van der Waals surface area contributed by atoms with Crippen LogP contribution in [0.3, 0.4) is 0 Å². The van der Waals surface area contributed by atoms with Crippen LogP contribution in [-0.2, 0) is 14.8 Å². The van der Waals surface area contributed by atoms with Gasteiger partial charge in [0.05, 0.1) is 5.02 Å². The Hall–Kier alpha value is -1.18. The second-order valence-corrected chi connectivity index (χ2v) is 8.70. The van der Waals surface area contributed by atoms with Crippen LogP contribution >= 0.6 is 11.6 Å². The molecule has 1 aliphatic carbocycles. The van der Waals surface area contributed by atoms with Gasteiger partial charge in [0.1, 0.15) is 10.7 Å². The first-order valence-electron chi connectivity index (χ1n) is 8.05. The molecule has 8 heteroatoms. The molecule has 1 amide bonds. The highest BCUT2D eigenvalue weighted by Crippen LogP contribution is 2.32. The molecule has 5 nitrogen and oxygen atoms in total. The molecule has 1 aliphatic heterocycles. The van der Waals surface area contributed by atoms with Crippen LogP contribution in [0.25, 0.3) is 0 Å². The van der Waals surface area contributed by atoms with E-state index in [-0.39, 0.29) is 33.9 Å². The summed E-state index contributed by atoms with van der Waals surface area (Å²) in [5, 5.41) is -0.117. The van der Waals surface area contributed by atoms with Crippen LogP contribution in [0.15, 0.2) is 17.0 Å². The smallest absolute Gasteiger partial charge is 0.244 e. The van der Waals surface area contributed by atoms with Gasteiger partial charge in [0.2, 0.25) is 15.9 Å². The number of nitrogens with zero attached hydrogens (tertiary/aromatic N) is 2. The van der Waals surface area contributed by atoms with Crippen molar-refractivity contribution in [2.45, 2.75) is 31.1 Å². The van der Waals surface area contributed by atoms with E-state index in [2.05, 4.69) is 0 Å². The minimum absolute atomic E-state index is 0.0787. The molecule has 0 aromatic heterocycles. The number of sulfonamides is 1. The second kappa shape index (κ2) is 6.61. The van der Waals surface area contributed by atoms with E-state index in [1.165, 1.54) is 17.3 Å². The molecule has 0 radical (unpaired) electrons. The van der Waals surface area contributed by atoms with Crippen molar-refractivity contribution < 1.29 is 17.6 Å². The average molecular weight is 375 g/mol. The normalized spacial score (nSPS) is 20.0. The van der Waals surface area contributed by atoms with Crippen molar-refractivity contribution in [2.24, 2.45) is 5.92 Å². The molecule has 1 heterocycles. The van der Waals surface area contributed by atoms with Crippen molar-refractivity contribution in [3.63, 3.8) is 0 Å². The standard InChI is InChI=1S/C16H20ClFN2O3S/c1-11-9-15(13(17)10-14(11)18)24(22,23)20-6-2-5-19(7-8-20)16(21)12-3-4-12/h9-10,12H,2-8H2,1H3. The summed E-state index contributed by atoms with van der Waals surface area (Å²) in [7, 11) is -3.81. The van der Waals surface area contributed by atoms with Gasteiger partial charge in [0.15, 0.2) is 0 Å². The van der Waals surface area contributed by atoms with Crippen LogP contribution in [0, 0.1) is 18.7 Å². The molecule has 1 aromatic carbocycles. The Kier molecular flexibility index (Phi) is 4.86. The fraction of sp³-hybridized carbons (Fsp3) is 0.562. The molecule has 24 heavy (non-hydrogen) atoms. The third-order valence-electron chi connectivity index (χ3n) is 4.52. The Balaban J connectivity index is 1.80. The minimum Gasteiger partial charge on any atom is -0.341 e. The summed E-state index contributed by atoms with van der Waals surface area (Å²) in [6.45, 7) is 3.00. The number of rotatable bonds is 3. The zero-order valence-electron chi connectivity index (χ0n) is 13.5. The molecule has 2 aliphatic rings. The highest BCUT2D eigenvalue weighted by molar-refractivity contribution is 7.89. The zero-order valence-corrected chi connectivity index (χ0v) is 15.0. The summed E-state index contributed by atoms with van der Waals surface area (Å²) in [5.41, 5.74) is 0.235. The maximum atomic E-state index is 13.5. The number of halogens is 2. The van der Waals surface area contributed by atoms with Crippen LogP contribution in [-0.4, -0.2) is 49.7 Å². The van der Waals surface area contributed by atoms with Gasteiger partial charge in [-0.2, -0.15) is 4.31 Å². The van der Waals surface area contributed by atoms with Crippen molar-refractivity contribution in [1.82, 2.24) is 9.21 Å². The quantitative estimate of drug-likeness (QED) is 0.816. The second-order valence-electron chi connectivity index (χ2n) is 6.39. The lowest BCUT2D eigenvalue weighted by Gasteiger charge is -2.22. The Morgan fingerprint density at radius 1 is 1.21 bits per heavy atom. The Labute approximate surface area is 146 Å². The van der Waals surface area contributed by atoms with Crippen LogP contribution in [0.5, 0.6) is 0 Å². The van der Waals surface area contributed by atoms with Crippen molar-refractivity contribution in [2.75, 3.05) is 26.2 Å². The molecule has 2 fully saturated rings. The third kappa shape index (κ3) is 3.43. The highest BCUT2D eigenvalue weighted by atomic mass is 35.5. The van der Waals surface area contributed by atoms with E-state index < -0.39 is 15.8 Å². The number of hydrogen-bond donors (Lipinski definition) is 0. The Bertz CT molecular complexity index is 765. The fourth-order valence-corrected chi connectivity index (χ4v) is 4.95. The number of carbonyl (C=O) groups excluding carboxylic acids is 1. The predicted molar refractivity (Wildman–Crippen MR) is 88.8 cm³/mol. The van der Waals surface area contributed by atoms with E-state index in [0.29, 0.717) is 26.1 Å². The number of carbonyl (C=O) groups is 1. The lowest BCUT2D eigenvalue weighted by Crippen LogP contribution is -2.38. The largest absolute Gasteiger partial charge is 0.341 e. The molecule has 0 N–H and O–H groups in total. The van der Waals surface area contributed by atoms with Crippen molar-refractivity contribution >= 4 is 27.5 Å². The first-order valence-corrected chi connectivity index (χ1v) is 9.87. The van der Waals surface area contributed by atoms with Gasteiger partial charge >= 0.3 is 0 Å². The molecule has 0 bridgehead atoms. The first kappa shape index (κ1) is 17.6. The molecule has 0 spiro atoms. The van der Waals surface area contributed by atoms with E-state index in [1.54, 1.807) is 4.90 Å². The fourth-order valence-electron chi connectivity index (χ4n) is 2.91. The van der Waals surface area contributed by atoms with E-state index in [0.717, 1.165) is 18.9 Å². The van der Waals surface area contributed by atoms with Crippen molar-refractivity contribution in [3.05, 3.63) is 28.5 Å². The van der Waals surface area contributed by atoms with Gasteiger partial charge in [0, 0.05) is 32.1 Å². The maximum absolute atomic E-state index is 13.5. The molecule has 132 valence electrons. The lowest BCUT2D eigenvalue weighted by atomic mass is 10.2. The van der Waals surface area contributed by atoms with E-state index in [4.69, 9.17) is 11.6 Å². The molecular formula is C16H20ClFN2O3S. The van der Waals surface area contributed by atoms with Gasteiger partial charge in [-0.25, -0.2) is 12.8 Å². The van der Waals surface area contributed by atoms with E-state index in [1.807, 2.05) is 0 Å². The number of aryl methyl sites for hydroxylation is 1. The number of amides is 1. The minimum atomic E-state index is -3.81. The zero-order chi connectivity index (χ0) is 17.5. The molecule has 3 rings (SSSR count). The lowest BCUT2D eigenvalue weighted by molar-refractivity contribution is -0.132. The average Bonchev–Trinajstić information content (AvgIpc) is 3.35. The van der Waals surface area contributed by atoms with Crippen LogP contribution in [0.2, 0.25) is 5.02 Å². The molecule has 1 saturated heterocycles. The predicted octanol–water partition coefficient (Wildman–Crippen LogP) is 2.42. The van der Waals surface area contributed by atoms with Crippen molar-refractivity contribution in [3.8, 4) is 0 Å². The van der Waals surface area contributed by atoms with Gasteiger partial charge in [-0.15, -0.1) is 0 Å². The monoisotopic (exact) mass is 374 g/mol. The molecular weight excluding hydrogens is 355 g/mol. The van der Waals surface area contributed by atoms with Crippen LogP contribution in [0.1, 0.15) is 24.8 Å². The molecule has 0 unspecified atom stereocenters. The van der Waals surface area contributed by atoms with Gasteiger partial charge in [-0.1, -0.05) is 11.6 Å². The van der Waals surface area contributed by atoms with Gasteiger partial charge in [-0.05, 0) is 43.9 Å². The van der Waals surface area contributed by atoms with Gasteiger partial charge in [-0.3, -0.25) is 4.79 Å². The summed E-state index contributed by atoms with van der Waals surface area (Å²) in [5.74, 6) is -0.275. The van der Waals surface area contributed by atoms with Crippen LogP contribution < -0.4 is 0 Å². The van der Waals surface area contributed by atoms with E-state index in [9.17, 15) is 17.6 Å². The Morgan fingerprint density at radius 3 is 2.58 bits per heavy atom. The summed E-state index contributed by atoms with van der Waals surface area (Å²) in [6, 6.07) is 2.30. The van der Waals surface area contributed by atoms with Crippen molar-refractivity contribution in [1.29, 1.82) is 0 Å². The Morgan fingerprint density at radius 2 is 1.92 bits per heavy atom. The van der Waals surface area contributed by atoms with Gasteiger partial charge in [0.25, 0.3) is 0 Å². The number of hydrogen-bond acceptors (Lipinski definition) is 3. The number of benzene rings is 1. The SMILES string of the molecule is Cc1cc(S(=O)(=O)N2CCCN(C(=O)C3CC3)CC2)c(Cl)cc1F. The highest BCUT2D eigenvalue weighted by Gasteiger charge is 2.35. The summed E-state index contributed by atoms with van der Waals surface area (Å²) in [6.07, 6.45) is 2.44. The molecule has 1 saturated carbocycles. The first-order chi connectivity index (χ1) is 11.3. The summed E-state index contributed by atoms with van der Waals surface area (Å²) < 4.78 is 40.6. The third-order valence-corrected chi connectivity index (χ3v) is 6.89. The molecule has 1 aromatic rings.